The molecule has 9 heteroatoms. The summed E-state index contributed by atoms with van der Waals surface area (Å²) in [6, 6.07) is 4.88. The minimum absolute atomic E-state index is 0.0740. The molecule has 1 aromatic rings. The summed E-state index contributed by atoms with van der Waals surface area (Å²) in [6.45, 7) is 8.66. The molecule has 2 heterocycles. The van der Waals surface area contributed by atoms with Gasteiger partial charge in [0.1, 0.15) is 5.82 Å². The number of piperidine rings is 1. The van der Waals surface area contributed by atoms with E-state index in [2.05, 4.69) is 24.1 Å². The Morgan fingerprint density at radius 2 is 1.66 bits per heavy atom. The Hall–Kier alpha value is -1.71. The number of urea groups is 1. The molecule has 29 heavy (non-hydrogen) atoms. The quantitative estimate of drug-likeness (QED) is 0.781. The number of likely N-dealkylation sites (tertiary alicyclic amines) is 1. The first kappa shape index (κ1) is 22.0. The van der Waals surface area contributed by atoms with E-state index in [0.717, 1.165) is 44.6 Å². The first-order valence-electron chi connectivity index (χ1n) is 10.3. The fourth-order valence-electron chi connectivity index (χ4n) is 3.93. The zero-order chi connectivity index (χ0) is 21.0. The molecule has 3 rings (SSSR count). The third-order valence-corrected chi connectivity index (χ3v) is 7.43. The van der Waals surface area contributed by atoms with Gasteiger partial charge in [-0.3, -0.25) is 0 Å². The van der Waals surface area contributed by atoms with Crippen LogP contribution < -0.4 is 5.32 Å². The van der Waals surface area contributed by atoms with Gasteiger partial charge in [0.2, 0.25) is 10.0 Å². The van der Waals surface area contributed by atoms with Crippen molar-refractivity contribution < 1.29 is 17.6 Å². The van der Waals surface area contributed by atoms with Crippen LogP contribution >= 0.6 is 0 Å². The molecule has 0 radical (unpaired) electrons. The highest BCUT2D eigenvalue weighted by molar-refractivity contribution is 7.89. The minimum Gasteiger partial charge on any atom is -0.335 e. The molecular formula is C20H31FN4O3S. The highest BCUT2D eigenvalue weighted by Gasteiger charge is 2.31. The number of hydrogen-bond acceptors (Lipinski definition) is 4. The molecule has 0 atom stereocenters. The number of nitrogens with one attached hydrogen (secondary N) is 1. The van der Waals surface area contributed by atoms with Crippen LogP contribution in [-0.4, -0.2) is 80.4 Å². The number of carbonyl (C=O) groups is 1. The lowest BCUT2D eigenvalue weighted by Crippen LogP contribution is -2.55. The Bertz CT molecular complexity index is 784. The second kappa shape index (κ2) is 9.40. The zero-order valence-corrected chi connectivity index (χ0v) is 18.0. The Kier molecular flexibility index (Phi) is 7.13. The number of sulfonamides is 1. The Morgan fingerprint density at radius 1 is 1.07 bits per heavy atom. The van der Waals surface area contributed by atoms with Gasteiger partial charge in [0.25, 0.3) is 0 Å². The van der Waals surface area contributed by atoms with E-state index in [1.807, 2.05) is 0 Å². The lowest BCUT2D eigenvalue weighted by atomic mass is 10.0. The predicted octanol–water partition coefficient (Wildman–Crippen LogP) is 1.96. The summed E-state index contributed by atoms with van der Waals surface area (Å²) >= 11 is 0. The van der Waals surface area contributed by atoms with E-state index in [-0.39, 0.29) is 30.1 Å². The Morgan fingerprint density at radius 3 is 2.21 bits per heavy atom. The predicted molar refractivity (Wildman–Crippen MR) is 110 cm³/mol. The third kappa shape index (κ3) is 5.67. The van der Waals surface area contributed by atoms with Crippen molar-refractivity contribution in [2.45, 2.75) is 37.6 Å². The molecule has 0 aliphatic carbocycles. The van der Waals surface area contributed by atoms with E-state index in [0.29, 0.717) is 19.0 Å². The Balaban J connectivity index is 1.47. The van der Waals surface area contributed by atoms with Gasteiger partial charge in [-0.1, -0.05) is 13.8 Å². The van der Waals surface area contributed by atoms with Gasteiger partial charge in [-0.05, 0) is 43.0 Å². The van der Waals surface area contributed by atoms with Crippen LogP contribution in [0.3, 0.4) is 0 Å². The topological polar surface area (TPSA) is 73.0 Å². The number of amides is 2. The molecule has 0 aromatic heterocycles. The monoisotopic (exact) mass is 426 g/mol. The van der Waals surface area contributed by atoms with Crippen molar-refractivity contribution in [1.29, 1.82) is 0 Å². The van der Waals surface area contributed by atoms with Crippen LogP contribution in [0.5, 0.6) is 0 Å². The van der Waals surface area contributed by atoms with Crippen molar-refractivity contribution >= 4 is 16.1 Å². The van der Waals surface area contributed by atoms with E-state index in [1.165, 1.54) is 16.4 Å². The second-order valence-electron chi connectivity index (χ2n) is 8.26. The lowest BCUT2D eigenvalue weighted by molar-refractivity contribution is 0.152. The zero-order valence-electron chi connectivity index (χ0n) is 17.2. The second-order valence-corrected chi connectivity index (χ2v) is 10.2. The molecule has 2 aliphatic heterocycles. The van der Waals surface area contributed by atoms with Crippen molar-refractivity contribution in [1.82, 2.24) is 19.4 Å². The van der Waals surface area contributed by atoms with E-state index in [4.69, 9.17) is 0 Å². The smallest absolute Gasteiger partial charge is 0.317 e. The standard InChI is InChI=1S/C20H31FN4O3S/c1-16(2)15-23-9-7-18(8-10-23)22-20(26)24-11-13-25(14-12-24)29(27,28)19-5-3-17(21)4-6-19/h3-6,16,18H,7-15H2,1-2H3,(H,22,26). The summed E-state index contributed by atoms with van der Waals surface area (Å²) in [5.41, 5.74) is 0. The van der Waals surface area contributed by atoms with Crippen molar-refractivity contribution in [2.24, 2.45) is 5.92 Å². The molecule has 0 spiro atoms. The molecule has 0 bridgehead atoms. The van der Waals surface area contributed by atoms with E-state index >= 15 is 0 Å². The molecule has 2 saturated heterocycles. The fraction of sp³-hybridized carbons (Fsp3) is 0.650. The SMILES string of the molecule is CC(C)CN1CCC(NC(=O)N2CCN(S(=O)(=O)c3ccc(F)cc3)CC2)CC1. The molecule has 2 amide bonds. The highest BCUT2D eigenvalue weighted by atomic mass is 32.2. The molecule has 1 aromatic carbocycles. The molecule has 2 aliphatic rings. The first-order valence-corrected chi connectivity index (χ1v) is 11.7. The van der Waals surface area contributed by atoms with Gasteiger partial charge in [0, 0.05) is 51.9 Å². The van der Waals surface area contributed by atoms with Crippen molar-refractivity contribution in [3.8, 4) is 0 Å². The lowest BCUT2D eigenvalue weighted by Gasteiger charge is -2.37. The molecule has 7 nitrogen and oxygen atoms in total. The van der Waals surface area contributed by atoms with Crippen LogP contribution in [0.1, 0.15) is 26.7 Å². The number of benzene rings is 1. The number of rotatable bonds is 5. The average molecular weight is 427 g/mol. The van der Waals surface area contributed by atoms with Gasteiger partial charge in [0.15, 0.2) is 0 Å². The summed E-state index contributed by atoms with van der Waals surface area (Å²) in [7, 11) is -3.67. The summed E-state index contributed by atoms with van der Waals surface area (Å²) in [4.78, 5) is 16.8. The molecule has 2 fully saturated rings. The molecule has 1 N–H and O–H groups in total. The number of nitrogens with zero attached hydrogens (tertiary/aromatic N) is 3. The van der Waals surface area contributed by atoms with Crippen LogP contribution in [0, 0.1) is 11.7 Å². The average Bonchev–Trinajstić information content (AvgIpc) is 2.69. The molecule has 0 saturated carbocycles. The van der Waals surface area contributed by atoms with Gasteiger partial charge >= 0.3 is 6.03 Å². The van der Waals surface area contributed by atoms with Gasteiger partial charge in [0.05, 0.1) is 4.90 Å². The summed E-state index contributed by atoms with van der Waals surface area (Å²) in [6.07, 6.45) is 1.88. The van der Waals surface area contributed by atoms with Crippen molar-refractivity contribution in [3.05, 3.63) is 30.1 Å². The summed E-state index contributed by atoms with van der Waals surface area (Å²) in [5, 5.41) is 3.10. The number of piperazine rings is 1. The van der Waals surface area contributed by atoms with Gasteiger partial charge in [-0.25, -0.2) is 17.6 Å². The largest absolute Gasteiger partial charge is 0.335 e. The molecular weight excluding hydrogens is 395 g/mol. The van der Waals surface area contributed by atoms with Crippen LogP contribution in [0.25, 0.3) is 0 Å². The van der Waals surface area contributed by atoms with Crippen LogP contribution in [0.2, 0.25) is 0 Å². The van der Waals surface area contributed by atoms with E-state index in [9.17, 15) is 17.6 Å². The van der Waals surface area contributed by atoms with Crippen LogP contribution in [0.4, 0.5) is 9.18 Å². The van der Waals surface area contributed by atoms with E-state index < -0.39 is 15.8 Å². The maximum absolute atomic E-state index is 13.1. The van der Waals surface area contributed by atoms with Crippen LogP contribution in [0.15, 0.2) is 29.2 Å². The summed E-state index contributed by atoms with van der Waals surface area (Å²) in [5.74, 6) is 0.170. The van der Waals surface area contributed by atoms with Gasteiger partial charge < -0.3 is 15.1 Å². The Labute approximate surface area is 172 Å². The van der Waals surface area contributed by atoms with Crippen LogP contribution in [-0.2, 0) is 10.0 Å². The highest BCUT2D eigenvalue weighted by Crippen LogP contribution is 2.18. The number of hydrogen-bond donors (Lipinski definition) is 1. The number of halogens is 1. The minimum atomic E-state index is -3.67. The van der Waals surface area contributed by atoms with E-state index in [1.54, 1.807) is 4.90 Å². The fourth-order valence-corrected chi connectivity index (χ4v) is 5.35. The first-order chi connectivity index (χ1) is 13.8. The molecule has 162 valence electrons. The van der Waals surface area contributed by atoms with Crippen molar-refractivity contribution in [2.75, 3.05) is 45.8 Å². The van der Waals surface area contributed by atoms with Crippen molar-refractivity contribution in [3.63, 3.8) is 0 Å². The number of carbonyl (C=O) groups excluding carboxylic acids is 1. The normalized spacial score (nSPS) is 20.2. The third-order valence-electron chi connectivity index (χ3n) is 5.52. The maximum Gasteiger partial charge on any atom is 0.317 e. The molecule has 0 unspecified atom stereocenters. The maximum atomic E-state index is 13.1. The van der Waals surface area contributed by atoms with Gasteiger partial charge in [-0.15, -0.1) is 0 Å². The summed E-state index contributed by atoms with van der Waals surface area (Å²) < 4.78 is 39.8. The van der Waals surface area contributed by atoms with Gasteiger partial charge in [-0.2, -0.15) is 4.31 Å².